The van der Waals surface area contributed by atoms with E-state index in [2.05, 4.69) is 4.98 Å². The third kappa shape index (κ3) is 3.31. The first-order valence-corrected chi connectivity index (χ1v) is 5.89. The molecule has 1 heterocycles. The number of hydrogen-bond acceptors (Lipinski definition) is 3. The van der Waals surface area contributed by atoms with Crippen molar-refractivity contribution in [2.75, 3.05) is 11.4 Å². The lowest BCUT2D eigenvalue weighted by molar-refractivity contribution is -0.135. The molecule has 0 aliphatic heterocycles. The van der Waals surface area contributed by atoms with Gasteiger partial charge < -0.3 is 10.0 Å². The first-order chi connectivity index (χ1) is 9.58. The zero-order valence-corrected chi connectivity index (χ0v) is 10.5. The fourth-order valence-corrected chi connectivity index (χ4v) is 1.86. The Morgan fingerprint density at radius 3 is 2.65 bits per heavy atom. The number of carboxylic acids is 1. The maximum atomic E-state index is 12.8. The molecular weight excluding hydrogens is 268 g/mol. The van der Waals surface area contributed by atoms with Crippen molar-refractivity contribution in [3.8, 4) is 0 Å². The van der Waals surface area contributed by atoms with Crippen LogP contribution in [0.25, 0.3) is 0 Å². The van der Waals surface area contributed by atoms with Crippen LogP contribution in [0.1, 0.15) is 12.4 Å². The van der Waals surface area contributed by atoms with Crippen molar-refractivity contribution >= 4 is 11.7 Å². The third-order valence-corrected chi connectivity index (χ3v) is 2.74. The van der Waals surface area contributed by atoms with Crippen LogP contribution in [-0.2, 0) is 11.3 Å². The third-order valence-electron chi connectivity index (χ3n) is 2.74. The highest BCUT2D eigenvalue weighted by Gasteiger charge is 2.17. The van der Waals surface area contributed by atoms with E-state index in [1.54, 1.807) is 30.3 Å². The first kappa shape index (κ1) is 14.0. The highest BCUT2D eigenvalue weighted by Crippen LogP contribution is 2.18. The van der Waals surface area contributed by atoms with Gasteiger partial charge in [0.05, 0.1) is 6.54 Å². The summed E-state index contributed by atoms with van der Waals surface area (Å²) >= 11 is 0. The molecule has 7 heteroatoms. The second-order valence-electron chi connectivity index (χ2n) is 4.11. The van der Waals surface area contributed by atoms with Gasteiger partial charge in [0.15, 0.2) is 0 Å². The van der Waals surface area contributed by atoms with Crippen molar-refractivity contribution in [2.45, 2.75) is 13.1 Å². The van der Waals surface area contributed by atoms with Crippen molar-refractivity contribution in [1.29, 1.82) is 0 Å². The van der Waals surface area contributed by atoms with Crippen molar-refractivity contribution < 1.29 is 18.7 Å². The summed E-state index contributed by atoms with van der Waals surface area (Å²) in [6.07, 6.45) is 2.44. The topological polar surface area (TPSA) is 58.4 Å². The molecule has 5 nitrogen and oxygen atoms in total. The van der Waals surface area contributed by atoms with Gasteiger partial charge in [-0.2, -0.15) is 8.78 Å². The second kappa shape index (κ2) is 6.14. The lowest BCUT2D eigenvalue weighted by Gasteiger charge is -2.22. The molecule has 1 N–H and O–H groups in total. The van der Waals surface area contributed by atoms with Crippen molar-refractivity contribution in [2.24, 2.45) is 0 Å². The molecule has 0 bridgehead atoms. The minimum Gasteiger partial charge on any atom is -0.480 e. The summed E-state index contributed by atoms with van der Waals surface area (Å²) in [6, 6.07) is 8.74. The number of benzene rings is 1. The van der Waals surface area contributed by atoms with Crippen LogP contribution in [0.5, 0.6) is 0 Å². The molecule has 2 rings (SSSR count). The minimum absolute atomic E-state index is 0.00630. The van der Waals surface area contributed by atoms with E-state index in [0.717, 1.165) is 4.57 Å². The normalized spacial score (nSPS) is 10.8. The second-order valence-corrected chi connectivity index (χ2v) is 4.11. The zero-order valence-electron chi connectivity index (χ0n) is 10.5. The van der Waals surface area contributed by atoms with E-state index in [-0.39, 0.29) is 18.9 Å². The first-order valence-electron chi connectivity index (χ1n) is 5.89. The summed E-state index contributed by atoms with van der Waals surface area (Å²) in [5.41, 5.74) is 0.638. The van der Waals surface area contributed by atoms with E-state index in [1.165, 1.54) is 17.3 Å². The van der Waals surface area contributed by atoms with Gasteiger partial charge in [-0.05, 0) is 12.1 Å². The number of carbonyl (C=O) groups is 1. The number of para-hydroxylation sites is 1. The highest BCUT2D eigenvalue weighted by molar-refractivity contribution is 5.73. The summed E-state index contributed by atoms with van der Waals surface area (Å²) in [5.74, 6) is -0.922. The molecule has 0 saturated carbocycles. The molecular formula is C13H13F2N3O2. The predicted octanol–water partition coefficient (Wildman–Crippen LogP) is 2.37. The van der Waals surface area contributed by atoms with Crippen LogP contribution in [-0.4, -0.2) is 27.2 Å². The number of halogens is 2. The van der Waals surface area contributed by atoms with Gasteiger partial charge in [0.2, 0.25) is 0 Å². The molecule has 2 aromatic rings. The van der Waals surface area contributed by atoms with Crippen molar-refractivity contribution in [3.63, 3.8) is 0 Å². The minimum atomic E-state index is -2.70. The lowest BCUT2D eigenvalue weighted by Crippen LogP contribution is -2.30. The zero-order chi connectivity index (χ0) is 14.5. The van der Waals surface area contributed by atoms with Crippen LogP contribution in [0.4, 0.5) is 14.5 Å². The maximum absolute atomic E-state index is 12.8. The van der Waals surface area contributed by atoms with Gasteiger partial charge in [-0.15, -0.1) is 0 Å². The molecule has 0 unspecified atom stereocenters. The number of alkyl halides is 2. The average Bonchev–Trinajstić information content (AvgIpc) is 2.87. The Labute approximate surface area is 114 Å². The number of nitrogens with zero attached hydrogens (tertiary/aromatic N) is 3. The van der Waals surface area contributed by atoms with Crippen molar-refractivity contribution in [1.82, 2.24) is 9.55 Å². The van der Waals surface area contributed by atoms with Gasteiger partial charge >= 0.3 is 12.5 Å². The Balaban J connectivity index is 2.24. The Hall–Kier alpha value is -2.44. The number of rotatable bonds is 6. The van der Waals surface area contributed by atoms with Gasteiger partial charge in [0, 0.05) is 18.1 Å². The summed E-state index contributed by atoms with van der Waals surface area (Å²) in [6.45, 7) is -3.00. The smallest absolute Gasteiger partial charge is 0.323 e. The molecule has 0 fully saturated rings. The monoisotopic (exact) mass is 281 g/mol. The number of hydrogen-bond donors (Lipinski definition) is 1. The maximum Gasteiger partial charge on any atom is 0.323 e. The van der Waals surface area contributed by atoms with Gasteiger partial charge in [0.25, 0.3) is 0 Å². The van der Waals surface area contributed by atoms with Crippen LogP contribution in [0.3, 0.4) is 0 Å². The van der Waals surface area contributed by atoms with E-state index in [4.69, 9.17) is 5.11 Å². The predicted molar refractivity (Wildman–Crippen MR) is 68.6 cm³/mol. The van der Waals surface area contributed by atoms with Crippen LogP contribution < -0.4 is 4.90 Å². The summed E-state index contributed by atoms with van der Waals surface area (Å²) in [4.78, 5) is 16.2. The van der Waals surface area contributed by atoms with Crippen LogP contribution in [0.2, 0.25) is 0 Å². The van der Waals surface area contributed by atoms with Crippen LogP contribution >= 0.6 is 0 Å². The van der Waals surface area contributed by atoms with Gasteiger partial charge in [-0.3, -0.25) is 9.36 Å². The largest absolute Gasteiger partial charge is 0.480 e. The Kier molecular flexibility index (Phi) is 4.29. The SMILES string of the molecule is O=C(O)CN(Cc1nccn1C(F)F)c1ccccc1. The van der Waals surface area contributed by atoms with Crippen molar-refractivity contribution in [3.05, 3.63) is 48.5 Å². The summed E-state index contributed by atoms with van der Waals surface area (Å²) in [5, 5.41) is 8.94. The number of carboxylic acid groups (broad SMARTS) is 1. The molecule has 1 aromatic carbocycles. The highest BCUT2D eigenvalue weighted by atomic mass is 19.3. The van der Waals surface area contributed by atoms with Gasteiger partial charge in [-0.1, -0.05) is 18.2 Å². The quantitative estimate of drug-likeness (QED) is 0.883. The molecule has 0 radical (unpaired) electrons. The van der Waals surface area contributed by atoms with Gasteiger partial charge in [0.1, 0.15) is 12.4 Å². The molecule has 0 amide bonds. The molecule has 0 aliphatic rings. The van der Waals surface area contributed by atoms with E-state index in [0.29, 0.717) is 5.69 Å². The van der Waals surface area contributed by atoms with Crippen LogP contribution in [0, 0.1) is 0 Å². The number of imidazole rings is 1. The van der Waals surface area contributed by atoms with E-state index < -0.39 is 12.5 Å². The number of aliphatic carboxylic acids is 1. The fourth-order valence-electron chi connectivity index (χ4n) is 1.86. The summed E-state index contributed by atoms with van der Waals surface area (Å²) in [7, 11) is 0. The number of aromatic nitrogens is 2. The lowest BCUT2D eigenvalue weighted by atomic mass is 10.3. The van der Waals surface area contributed by atoms with E-state index in [1.807, 2.05) is 0 Å². The molecule has 0 atom stereocenters. The Bertz CT molecular complexity index is 572. The van der Waals surface area contributed by atoms with Crippen LogP contribution in [0.15, 0.2) is 42.7 Å². The molecule has 0 aliphatic carbocycles. The Morgan fingerprint density at radius 2 is 2.05 bits per heavy atom. The molecule has 106 valence electrons. The summed E-state index contributed by atoms with van der Waals surface area (Å²) < 4.78 is 26.2. The van der Waals surface area contributed by atoms with Gasteiger partial charge in [-0.25, -0.2) is 4.98 Å². The average molecular weight is 281 g/mol. The fraction of sp³-hybridized carbons (Fsp3) is 0.231. The Morgan fingerprint density at radius 1 is 1.35 bits per heavy atom. The van der Waals surface area contributed by atoms with E-state index >= 15 is 0 Å². The standard InChI is InChI=1S/C13H13F2N3O2/c14-13(15)18-7-6-16-11(18)8-17(9-12(19)20)10-4-2-1-3-5-10/h1-7,13H,8-9H2,(H,19,20). The number of anilines is 1. The molecule has 0 spiro atoms. The molecule has 1 aromatic heterocycles. The molecule has 20 heavy (non-hydrogen) atoms. The van der Waals surface area contributed by atoms with E-state index in [9.17, 15) is 13.6 Å². The molecule has 0 saturated heterocycles.